The minimum Gasteiger partial charge on any atom is -0.422 e. The van der Waals surface area contributed by atoms with Gasteiger partial charge in [0.05, 0.1) is 6.04 Å². The Morgan fingerprint density at radius 2 is 1.97 bits per heavy atom. The maximum absolute atomic E-state index is 12.2. The molecule has 2 heterocycles. The average molecular weight is 429 g/mol. The monoisotopic (exact) mass is 428 g/mol. The summed E-state index contributed by atoms with van der Waals surface area (Å²) in [7, 11) is 4.17. The first kappa shape index (κ1) is 22.6. The minimum absolute atomic E-state index is 0.235. The second-order valence-corrected chi connectivity index (χ2v) is 8.94. The molecule has 3 rings (SSSR count). The Bertz CT molecular complexity index is 1070. The third-order valence-electron chi connectivity index (χ3n) is 5.66. The SMILES string of the molecule is CCCCn1c(SCc2cc(=O)oc3c(C)c(C)ccc23)nnc1C(CC)N(C)C. The topological polar surface area (TPSA) is 64.2 Å². The predicted molar refractivity (Wildman–Crippen MR) is 123 cm³/mol. The van der Waals surface area contributed by atoms with E-state index in [4.69, 9.17) is 4.42 Å². The summed E-state index contributed by atoms with van der Waals surface area (Å²) in [5.41, 5.74) is 3.49. The molecular weight excluding hydrogens is 396 g/mol. The van der Waals surface area contributed by atoms with Gasteiger partial charge in [0.2, 0.25) is 0 Å². The lowest BCUT2D eigenvalue weighted by atomic mass is 10.0. The van der Waals surface area contributed by atoms with Crippen LogP contribution in [0.2, 0.25) is 0 Å². The molecule has 162 valence electrons. The Morgan fingerprint density at radius 3 is 2.63 bits per heavy atom. The van der Waals surface area contributed by atoms with E-state index in [1.807, 2.05) is 19.9 Å². The van der Waals surface area contributed by atoms with E-state index < -0.39 is 0 Å². The van der Waals surface area contributed by atoms with Crippen LogP contribution >= 0.6 is 11.8 Å². The number of rotatable bonds is 9. The number of aryl methyl sites for hydroxylation is 2. The van der Waals surface area contributed by atoms with Gasteiger partial charge < -0.3 is 8.98 Å². The third-order valence-corrected chi connectivity index (χ3v) is 6.68. The summed E-state index contributed by atoms with van der Waals surface area (Å²) < 4.78 is 7.77. The number of aromatic nitrogens is 3. The molecule has 1 atom stereocenters. The lowest BCUT2D eigenvalue weighted by Gasteiger charge is -2.23. The first-order valence-electron chi connectivity index (χ1n) is 10.6. The second-order valence-electron chi connectivity index (χ2n) is 8.00. The van der Waals surface area contributed by atoms with Crippen LogP contribution in [0.15, 0.2) is 32.6 Å². The quantitative estimate of drug-likeness (QED) is 0.349. The van der Waals surface area contributed by atoms with Crippen LogP contribution in [0, 0.1) is 13.8 Å². The third kappa shape index (κ3) is 4.62. The largest absolute Gasteiger partial charge is 0.422 e. The Kier molecular flexibility index (Phi) is 7.36. The van der Waals surface area contributed by atoms with Crippen molar-refractivity contribution in [2.75, 3.05) is 14.1 Å². The van der Waals surface area contributed by atoms with Gasteiger partial charge >= 0.3 is 5.63 Å². The van der Waals surface area contributed by atoms with Gasteiger partial charge in [-0.25, -0.2) is 4.79 Å². The van der Waals surface area contributed by atoms with Gasteiger partial charge in [0, 0.05) is 23.8 Å². The van der Waals surface area contributed by atoms with Gasteiger partial charge in [-0.3, -0.25) is 4.90 Å². The molecule has 0 radical (unpaired) electrons. The zero-order chi connectivity index (χ0) is 21.8. The number of thioether (sulfide) groups is 1. The summed E-state index contributed by atoms with van der Waals surface area (Å²) >= 11 is 1.63. The summed E-state index contributed by atoms with van der Waals surface area (Å²) in [6.07, 6.45) is 3.17. The second kappa shape index (κ2) is 9.79. The molecular formula is C23H32N4O2S. The molecule has 1 aromatic carbocycles. The number of nitrogens with zero attached hydrogens (tertiary/aromatic N) is 4. The van der Waals surface area contributed by atoms with Crippen LogP contribution in [-0.2, 0) is 12.3 Å². The van der Waals surface area contributed by atoms with Gasteiger partial charge in [-0.05, 0) is 57.5 Å². The first-order valence-corrected chi connectivity index (χ1v) is 11.6. The van der Waals surface area contributed by atoms with Crippen LogP contribution in [0.3, 0.4) is 0 Å². The van der Waals surface area contributed by atoms with E-state index in [-0.39, 0.29) is 11.7 Å². The Morgan fingerprint density at radius 1 is 1.20 bits per heavy atom. The minimum atomic E-state index is -0.307. The van der Waals surface area contributed by atoms with Gasteiger partial charge in [-0.1, -0.05) is 44.2 Å². The van der Waals surface area contributed by atoms with Crippen LogP contribution < -0.4 is 5.63 Å². The maximum Gasteiger partial charge on any atom is 0.336 e. The van der Waals surface area contributed by atoms with E-state index in [0.717, 1.165) is 58.9 Å². The number of hydrogen-bond acceptors (Lipinski definition) is 6. The van der Waals surface area contributed by atoms with E-state index in [1.54, 1.807) is 17.8 Å². The predicted octanol–water partition coefficient (Wildman–Crippen LogP) is 5.11. The van der Waals surface area contributed by atoms with Crippen molar-refractivity contribution in [1.29, 1.82) is 0 Å². The highest BCUT2D eigenvalue weighted by Gasteiger charge is 2.22. The number of unbranched alkanes of at least 4 members (excludes halogenated alkanes) is 1. The van der Waals surface area contributed by atoms with Crippen LogP contribution in [0.25, 0.3) is 11.0 Å². The van der Waals surface area contributed by atoms with Gasteiger partial charge in [-0.2, -0.15) is 0 Å². The standard InChI is InChI=1S/C23H32N4O2S/c1-7-9-12-27-22(19(8-2)26(5)6)24-25-23(27)30-14-17-13-20(28)29-21-16(4)15(3)10-11-18(17)21/h10-11,13,19H,7-9,12,14H2,1-6H3. The lowest BCUT2D eigenvalue weighted by Crippen LogP contribution is -2.23. The highest BCUT2D eigenvalue weighted by molar-refractivity contribution is 7.98. The van der Waals surface area contributed by atoms with E-state index >= 15 is 0 Å². The molecule has 0 amide bonds. The molecule has 3 aromatic rings. The first-order chi connectivity index (χ1) is 14.4. The normalized spacial score (nSPS) is 12.8. The van der Waals surface area contributed by atoms with Crippen molar-refractivity contribution in [3.05, 3.63) is 51.1 Å². The van der Waals surface area contributed by atoms with E-state index in [2.05, 4.69) is 53.7 Å². The molecule has 2 aromatic heterocycles. The van der Waals surface area contributed by atoms with Crippen LogP contribution in [0.5, 0.6) is 0 Å². The van der Waals surface area contributed by atoms with Gasteiger partial charge in [0.1, 0.15) is 5.58 Å². The molecule has 0 fully saturated rings. The molecule has 0 N–H and O–H groups in total. The summed E-state index contributed by atoms with van der Waals surface area (Å²) in [5.74, 6) is 1.66. The fraction of sp³-hybridized carbons (Fsp3) is 0.522. The zero-order valence-corrected chi connectivity index (χ0v) is 19.7. The fourth-order valence-electron chi connectivity index (χ4n) is 3.74. The number of hydrogen-bond donors (Lipinski definition) is 0. The van der Waals surface area contributed by atoms with Gasteiger partial charge in [0.25, 0.3) is 0 Å². The zero-order valence-electron chi connectivity index (χ0n) is 18.9. The van der Waals surface area contributed by atoms with Crippen molar-refractivity contribution in [2.45, 2.75) is 70.5 Å². The van der Waals surface area contributed by atoms with Crippen molar-refractivity contribution >= 4 is 22.7 Å². The molecule has 7 heteroatoms. The number of benzene rings is 1. The van der Waals surface area contributed by atoms with Crippen molar-refractivity contribution in [3.8, 4) is 0 Å². The van der Waals surface area contributed by atoms with Crippen LogP contribution in [0.4, 0.5) is 0 Å². The Hall–Kier alpha value is -2.12. The van der Waals surface area contributed by atoms with Crippen molar-refractivity contribution in [1.82, 2.24) is 19.7 Å². The fourth-order valence-corrected chi connectivity index (χ4v) is 4.71. The van der Waals surface area contributed by atoms with Crippen molar-refractivity contribution in [2.24, 2.45) is 0 Å². The van der Waals surface area contributed by atoms with E-state index in [1.165, 1.54) is 0 Å². The molecule has 6 nitrogen and oxygen atoms in total. The van der Waals surface area contributed by atoms with E-state index in [9.17, 15) is 4.79 Å². The van der Waals surface area contributed by atoms with Crippen LogP contribution in [-0.4, -0.2) is 33.8 Å². The van der Waals surface area contributed by atoms with Crippen LogP contribution in [0.1, 0.15) is 61.7 Å². The maximum atomic E-state index is 12.2. The number of fused-ring (bicyclic) bond motifs is 1. The highest BCUT2D eigenvalue weighted by atomic mass is 32.2. The van der Waals surface area contributed by atoms with Crippen molar-refractivity contribution in [3.63, 3.8) is 0 Å². The molecule has 0 spiro atoms. The molecule has 0 aliphatic carbocycles. The molecule has 0 bridgehead atoms. The lowest BCUT2D eigenvalue weighted by molar-refractivity contribution is 0.270. The molecule has 0 aliphatic heterocycles. The molecule has 0 saturated carbocycles. The van der Waals surface area contributed by atoms with Crippen molar-refractivity contribution < 1.29 is 4.42 Å². The molecule has 0 saturated heterocycles. The summed E-state index contributed by atoms with van der Waals surface area (Å²) in [6, 6.07) is 5.96. The van der Waals surface area contributed by atoms with Gasteiger partial charge in [-0.15, -0.1) is 10.2 Å². The van der Waals surface area contributed by atoms with Gasteiger partial charge in [0.15, 0.2) is 11.0 Å². The Balaban J connectivity index is 1.95. The van der Waals surface area contributed by atoms with E-state index in [0.29, 0.717) is 11.3 Å². The average Bonchev–Trinajstić information content (AvgIpc) is 3.10. The smallest absolute Gasteiger partial charge is 0.336 e. The summed E-state index contributed by atoms with van der Waals surface area (Å²) in [6.45, 7) is 9.30. The molecule has 1 unspecified atom stereocenters. The summed E-state index contributed by atoms with van der Waals surface area (Å²) in [4.78, 5) is 14.4. The molecule has 0 aliphatic rings. The highest BCUT2D eigenvalue weighted by Crippen LogP contribution is 2.30. The summed E-state index contributed by atoms with van der Waals surface area (Å²) in [5, 5.41) is 11.0. The Labute approximate surface area is 182 Å². The molecule has 30 heavy (non-hydrogen) atoms.